The molecule has 114 valence electrons. The molecule has 2 aliphatic rings. The van der Waals surface area contributed by atoms with Crippen molar-refractivity contribution in [1.82, 2.24) is 5.32 Å². The maximum absolute atomic E-state index is 6.60. The van der Waals surface area contributed by atoms with Crippen LogP contribution in [0, 0.1) is 0 Å². The summed E-state index contributed by atoms with van der Waals surface area (Å²) in [5.41, 5.74) is 5.59. The molecule has 2 aromatic rings. The number of fused-ring (bicyclic) bond motifs is 2. The first-order valence-electron chi connectivity index (χ1n) is 8.43. The lowest BCUT2D eigenvalue weighted by Crippen LogP contribution is -2.36. The third-order valence-electron chi connectivity index (χ3n) is 4.92. The van der Waals surface area contributed by atoms with Crippen molar-refractivity contribution in [2.45, 2.75) is 37.9 Å². The van der Waals surface area contributed by atoms with Gasteiger partial charge in [-0.05, 0) is 54.5 Å². The van der Waals surface area contributed by atoms with E-state index in [1.807, 2.05) is 0 Å². The fourth-order valence-corrected chi connectivity index (χ4v) is 3.75. The average Bonchev–Trinajstić information content (AvgIpc) is 2.74. The molecule has 0 bridgehead atoms. The number of hydrogen-bond acceptors (Lipinski definition) is 2. The van der Waals surface area contributed by atoms with Gasteiger partial charge in [-0.25, -0.2) is 0 Å². The minimum Gasteiger partial charge on any atom is -0.364 e. The van der Waals surface area contributed by atoms with Crippen molar-refractivity contribution in [3.63, 3.8) is 0 Å². The lowest BCUT2D eigenvalue weighted by molar-refractivity contribution is -0.00453. The first-order chi connectivity index (χ1) is 10.9. The van der Waals surface area contributed by atoms with E-state index in [2.05, 4.69) is 53.8 Å². The number of aryl methyl sites for hydroxylation is 2. The highest BCUT2D eigenvalue weighted by molar-refractivity contribution is 5.43. The zero-order valence-corrected chi connectivity index (χ0v) is 12.9. The maximum Gasteiger partial charge on any atom is 0.109 e. The summed E-state index contributed by atoms with van der Waals surface area (Å²) in [6.45, 7) is 2.10. The first-order valence-corrected chi connectivity index (χ1v) is 8.43. The predicted octanol–water partition coefficient (Wildman–Crippen LogP) is 3.64. The van der Waals surface area contributed by atoms with Gasteiger partial charge in [-0.2, -0.15) is 0 Å². The summed E-state index contributed by atoms with van der Waals surface area (Å²) in [5.74, 6) is 0. The molecule has 1 atom stereocenters. The van der Waals surface area contributed by atoms with Crippen molar-refractivity contribution in [3.8, 4) is 0 Å². The molecule has 1 N–H and O–H groups in total. The molecule has 0 radical (unpaired) electrons. The largest absolute Gasteiger partial charge is 0.364 e. The normalized spacial score (nSPS) is 21.7. The molecular formula is C20H23NO. The molecule has 4 rings (SSSR count). The highest BCUT2D eigenvalue weighted by Gasteiger charge is 2.27. The van der Waals surface area contributed by atoms with E-state index in [0.29, 0.717) is 6.10 Å². The van der Waals surface area contributed by atoms with Crippen molar-refractivity contribution < 1.29 is 4.74 Å². The molecule has 1 aliphatic heterocycles. The zero-order chi connectivity index (χ0) is 14.8. The van der Waals surface area contributed by atoms with E-state index >= 15 is 0 Å². The summed E-state index contributed by atoms with van der Waals surface area (Å²) in [4.78, 5) is 0. The predicted molar refractivity (Wildman–Crippen MR) is 89.1 cm³/mol. The molecule has 1 aliphatic carbocycles. The molecule has 0 aromatic heterocycles. The second-order valence-corrected chi connectivity index (χ2v) is 6.38. The van der Waals surface area contributed by atoms with Gasteiger partial charge < -0.3 is 10.1 Å². The van der Waals surface area contributed by atoms with Gasteiger partial charge in [0.25, 0.3) is 0 Å². The number of piperidine rings is 1. The smallest absolute Gasteiger partial charge is 0.109 e. The van der Waals surface area contributed by atoms with Gasteiger partial charge in [0.05, 0.1) is 6.10 Å². The maximum atomic E-state index is 6.60. The molecule has 1 heterocycles. The van der Waals surface area contributed by atoms with Crippen LogP contribution in [0.5, 0.6) is 0 Å². The standard InChI is InChI=1S/C20H23NO/c1-3-9-18-15(6-1)11-12-16-7-2-4-10-19(16)20(18)22-17-8-5-13-21-14-17/h1-4,6-7,9-10,17,20-21H,5,8,11-14H2. The van der Waals surface area contributed by atoms with Crippen LogP contribution in [0.2, 0.25) is 0 Å². The minimum absolute atomic E-state index is 0.0831. The van der Waals surface area contributed by atoms with Gasteiger partial charge in [0.15, 0.2) is 0 Å². The molecule has 0 saturated carbocycles. The molecule has 22 heavy (non-hydrogen) atoms. The third kappa shape index (κ3) is 2.69. The zero-order valence-electron chi connectivity index (χ0n) is 12.9. The topological polar surface area (TPSA) is 21.3 Å². The van der Waals surface area contributed by atoms with Gasteiger partial charge in [0.2, 0.25) is 0 Å². The highest BCUT2D eigenvalue weighted by Crippen LogP contribution is 2.36. The molecule has 2 heteroatoms. The Morgan fingerprint density at radius 3 is 2.09 bits per heavy atom. The Labute approximate surface area is 132 Å². The fraction of sp³-hybridized carbons (Fsp3) is 0.400. The molecule has 1 unspecified atom stereocenters. The summed E-state index contributed by atoms with van der Waals surface area (Å²) < 4.78 is 6.60. The van der Waals surface area contributed by atoms with Crippen molar-refractivity contribution >= 4 is 0 Å². The monoisotopic (exact) mass is 293 g/mol. The second kappa shape index (κ2) is 6.23. The quantitative estimate of drug-likeness (QED) is 0.912. The molecular weight excluding hydrogens is 270 g/mol. The van der Waals surface area contributed by atoms with E-state index in [0.717, 1.165) is 32.4 Å². The first kappa shape index (κ1) is 14.0. The SMILES string of the molecule is c1ccc2c(c1)CCc1ccccc1C2OC1CCCNC1. The average molecular weight is 293 g/mol. The van der Waals surface area contributed by atoms with Crippen LogP contribution in [0.15, 0.2) is 48.5 Å². The van der Waals surface area contributed by atoms with Gasteiger partial charge >= 0.3 is 0 Å². The van der Waals surface area contributed by atoms with Crippen LogP contribution in [0.25, 0.3) is 0 Å². The van der Waals surface area contributed by atoms with Crippen LogP contribution < -0.4 is 5.32 Å². The van der Waals surface area contributed by atoms with E-state index in [1.165, 1.54) is 28.7 Å². The Kier molecular flexibility index (Phi) is 3.96. The van der Waals surface area contributed by atoms with Gasteiger partial charge in [-0.15, -0.1) is 0 Å². The Morgan fingerprint density at radius 1 is 0.864 bits per heavy atom. The summed E-state index contributed by atoms with van der Waals surface area (Å²) in [5, 5.41) is 3.46. The van der Waals surface area contributed by atoms with Crippen molar-refractivity contribution in [2.24, 2.45) is 0 Å². The highest BCUT2D eigenvalue weighted by atomic mass is 16.5. The lowest BCUT2D eigenvalue weighted by atomic mass is 9.96. The number of benzene rings is 2. The van der Waals surface area contributed by atoms with Crippen molar-refractivity contribution in [3.05, 3.63) is 70.8 Å². The number of nitrogens with one attached hydrogen (secondary N) is 1. The molecule has 2 nitrogen and oxygen atoms in total. The fourth-order valence-electron chi connectivity index (χ4n) is 3.75. The summed E-state index contributed by atoms with van der Waals surface area (Å²) in [6, 6.07) is 17.6. The Morgan fingerprint density at radius 2 is 1.50 bits per heavy atom. The van der Waals surface area contributed by atoms with Crippen LogP contribution >= 0.6 is 0 Å². The summed E-state index contributed by atoms with van der Waals surface area (Å²) in [6.07, 6.45) is 4.98. The number of ether oxygens (including phenoxy) is 1. The third-order valence-corrected chi connectivity index (χ3v) is 4.92. The molecule has 0 spiro atoms. The summed E-state index contributed by atoms with van der Waals surface area (Å²) in [7, 11) is 0. The van der Waals surface area contributed by atoms with Gasteiger partial charge in [0, 0.05) is 6.54 Å². The van der Waals surface area contributed by atoms with E-state index < -0.39 is 0 Å². The molecule has 0 amide bonds. The number of rotatable bonds is 2. The van der Waals surface area contributed by atoms with Crippen LogP contribution in [0.4, 0.5) is 0 Å². The van der Waals surface area contributed by atoms with Crippen molar-refractivity contribution in [2.75, 3.05) is 13.1 Å². The minimum atomic E-state index is 0.0831. The van der Waals surface area contributed by atoms with Gasteiger partial charge in [0.1, 0.15) is 6.10 Å². The van der Waals surface area contributed by atoms with Crippen LogP contribution in [-0.4, -0.2) is 19.2 Å². The van der Waals surface area contributed by atoms with Crippen LogP contribution in [0.1, 0.15) is 41.2 Å². The lowest BCUT2D eigenvalue weighted by Gasteiger charge is -2.29. The van der Waals surface area contributed by atoms with Gasteiger partial charge in [-0.3, -0.25) is 0 Å². The van der Waals surface area contributed by atoms with E-state index in [9.17, 15) is 0 Å². The van der Waals surface area contributed by atoms with E-state index in [4.69, 9.17) is 4.74 Å². The van der Waals surface area contributed by atoms with E-state index in [-0.39, 0.29) is 6.10 Å². The van der Waals surface area contributed by atoms with Crippen LogP contribution in [-0.2, 0) is 17.6 Å². The summed E-state index contributed by atoms with van der Waals surface area (Å²) >= 11 is 0. The Bertz CT molecular complexity index is 598. The number of hydrogen-bond donors (Lipinski definition) is 1. The van der Waals surface area contributed by atoms with E-state index in [1.54, 1.807) is 0 Å². The molecule has 1 fully saturated rings. The Hall–Kier alpha value is -1.64. The molecule has 1 saturated heterocycles. The van der Waals surface area contributed by atoms with Crippen molar-refractivity contribution in [1.29, 1.82) is 0 Å². The Balaban J connectivity index is 1.73. The van der Waals surface area contributed by atoms with Crippen LogP contribution in [0.3, 0.4) is 0 Å². The molecule has 2 aromatic carbocycles. The second-order valence-electron chi connectivity index (χ2n) is 6.38. The van der Waals surface area contributed by atoms with Gasteiger partial charge in [-0.1, -0.05) is 48.5 Å².